The number of aliphatic hydroxyl groups is 2. The van der Waals surface area contributed by atoms with Crippen molar-refractivity contribution in [3.05, 3.63) is 54.0 Å². The van der Waals surface area contributed by atoms with Gasteiger partial charge in [-0.05, 0) is 18.6 Å². The highest BCUT2D eigenvalue weighted by Crippen LogP contribution is 2.36. The van der Waals surface area contributed by atoms with Crippen LogP contribution in [0.1, 0.15) is 30.6 Å². The van der Waals surface area contributed by atoms with Crippen LogP contribution in [0.2, 0.25) is 0 Å². The lowest BCUT2D eigenvalue weighted by Gasteiger charge is -2.19. The van der Waals surface area contributed by atoms with Gasteiger partial charge in [0.2, 0.25) is 5.82 Å². The number of nitrogens with zero attached hydrogens (tertiary/aromatic N) is 4. The molecular formula is C21H24N5O7P. The van der Waals surface area contributed by atoms with E-state index in [0.29, 0.717) is 16.9 Å². The Bertz CT molecular complexity index is 1240. The molecule has 5 N–H and O–H groups in total. The van der Waals surface area contributed by atoms with Crippen LogP contribution in [0.25, 0.3) is 11.0 Å². The van der Waals surface area contributed by atoms with E-state index in [9.17, 15) is 20.0 Å². The van der Waals surface area contributed by atoms with Gasteiger partial charge in [0.15, 0.2) is 6.23 Å². The standard InChI is InChI=1S/C21H24N5O7P/c1-12(13-5-3-2-4-6-13)23-19-14-7-8-26(20(14)25-16(9-22)24-19)21-18(28)17(27)15(33-21)10-32-11-34(29,30)31/h2-8,12,15,17-18,21,27-28H,10-11H2,1H3,(H,23,24,25)(H2,29,30,31)/t12-,15+,17+,18+,21+/m0/s1. The second-order valence-electron chi connectivity index (χ2n) is 7.96. The number of anilines is 1. The molecule has 1 aromatic carbocycles. The molecule has 1 saturated heterocycles. The second-order valence-corrected chi connectivity index (χ2v) is 9.54. The van der Waals surface area contributed by atoms with Gasteiger partial charge in [0.25, 0.3) is 0 Å². The van der Waals surface area contributed by atoms with Gasteiger partial charge < -0.3 is 39.4 Å². The number of benzene rings is 1. The number of hydrogen-bond acceptors (Lipinski definition) is 9. The number of fused-ring (bicyclic) bond motifs is 1. The molecule has 1 aliphatic rings. The zero-order chi connectivity index (χ0) is 24.5. The summed E-state index contributed by atoms with van der Waals surface area (Å²) in [6.07, 6.45) is -4.08. The molecule has 180 valence electrons. The Morgan fingerprint density at radius 2 is 1.97 bits per heavy atom. The molecule has 4 rings (SSSR count). The maximum atomic E-state index is 11.0. The van der Waals surface area contributed by atoms with E-state index in [1.807, 2.05) is 43.3 Å². The van der Waals surface area contributed by atoms with E-state index in [1.54, 1.807) is 12.3 Å². The van der Waals surface area contributed by atoms with E-state index in [1.165, 1.54) is 4.57 Å². The minimum atomic E-state index is -4.38. The average Bonchev–Trinajstić information content (AvgIpc) is 3.35. The number of ether oxygens (including phenoxy) is 2. The summed E-state index contributed by atoms with van der Waals surface area (Å²) in [4.78, 5) is 26.4. The van der Waals surface area contributed by atoms with Crippen LogP contribution in [-0.2, 0) is 14.0 Å². The predicted molar refractivity (Wildman–Crippen MR) is 120 cm³/mol. The van der Waals surface area contributed by atoms with Gasteiger partial charge in [0.05, 0.1) is 12.0 Å². The molecule has 2 aromatic heterocycles. The topological polar surface area (TPSA) is 183 Å². The largest absolute Gasteiger partial charge is 0.387 e. The monoisotopic (exact) mass is 489 g/mol. The van der Waals surface area contributed by atoms with Crippen LogP contribution in [0, 0.1) is 11.3 Å². The van der Waals surface area contributed by atoms with Crippen molar-refractivity contribution in [3.8, 4) is 6.07 Å². The molecule has 0 saturated carbocycles. The Kier molecular flexibility index (Phi) is 6.97. The third-order valence-electron chi connectivity index (χ3n) is 5.48. The summed E-state index contributed by atoms with van der Waals surface area (Å²) in [6, 6.07) is 13.2. The first-order valence-corrected chi connectivity index (χ1v) is 12.2. The van der Waals surface area contributed by atoms with E-state index < -0.39 is 38.5 Å². The molecule has 13 heteroatoms. The molecule has 1 fully saturated rings. The molecule has 0 aliphatic carbocycles. The molecule has 3 aromatic rings. The third kappa shape index (κ3) is 5.11. The quantitative estimate of drug-likeness (QED) is 0.287. The smallest absolute Gasteiger partial charge is 0.350 e. The molecule has 3 heterocycles. The molecule has 12 nitrogen and oxygen atoms in total. The maximum Gasteiger partial charge on any atom is 0.350 e. The fourth-order valence-electron chi connectivity index (χ4n) is 3.81. The van der Waals surface area contributed by atoms with Crippen molar-refractivity contribution in [2.45, 2.75) is 37.5 Å². The predicted octanol–water partition coefficient (Wildman–Crippen LogP) is 1.25. The molecule has 0 radical (unpaired) electrons. The molecule has 0 spiro atoms. The SMILES string of the molecule is C[C@H](Nc1nc(C#N)nc2c1ccn2[C@@H]1O[C@H](COCP(=O)(O)O)[C@@H](O)[C@H]1O)c1ccccc1. The lowest BCUT2D eigenvalue weighted by Crippen LogP contribution is -2.33. The Hall–Kier alpha value is -2.88. The van der Waals surface area contributed by atoms with E-state index in [2.05, 4.69) is 15.3 Å². The Morgan fingerprint density at radius 1 is 1.24 bits per heavy atom. The normalized spacial score (nSPS) is 23.6. The molecule has 0 bridgehead atoms. The first kappa shape index (κ1) is 24.3. The van der Waals surface area contributed by atoms with Crippen molar-refractivity contribution < 1.29 is 34.0 Å². The van der Waals surface area contributed by atoms with Gasteiger partial charge in [0.1, 0.15) is 42.2 Å². The Labute approximate surface area is 194 Å². The van der Waals surface area contributed by atoms with E-state index in [4.69, 9.17) is 19.3 Å². The fourth-order valence-corrected chi connectivity index (χ4v) is 4.16. The minimum Gasteiger partial charge on any atom is -0.387 e. The molecule has 0 amide bonds. The first-order valence-electron chi connectivity index (χ1n) is 10.4. The van der Waals surface area contributed by atoms with Crippen LogP contribution in [0.3, 0.4) is 0 Å². The molecule has 34 heavy (non-hydrogen) atoms. The summed E-state index contributed by atoms with van der Waals surface area (Å²) in [6.45, 7) is 1.62. The second kappa shape index (κ2) is 9.77. The third-order valence-corrected chi connectivity index (χ3v) is 6.00. The van der Waals surface area contributed by atoms with Gasteiger partial charge in [-0.2, -0.15) is 5.26 Å². The number of nitrogens with one attached hydrogen (secondary N) is 1. The first-order chi connectivity index (χ1) is 16.2. The van der Waals surface area contributed by atoms with E-state index in [-0.39, 0.29) is 18.5 Å². The van der Waals surface area contributed by atoms with Gasteiger partial charge in [-0.15, -0.1) is 0 Å². The van der Waals surface area contributed by atoms with Crippen molar-refractivity contribution in [3.63, 3.8) is 0 Å². The summed E-state index contributed by atoms with van der Waals surface area (Å²) in [5.41, 5.74) is 1.32. The highest BCUT2D eigenvalue weighted by atomic mass is 31.2. The summed E-state index contributed by atoms with van der Waals surface area (Å²) in [5.74, 6) is 0.330. The minimum absolute atomic E-state index is 0.0928. The van der Waals surface area contributed by atoms with Crippen LogP contribution in [0.15, 0.2) is 42.6 Å². The fraction of sp³-hybridized carbons (Fsp3) is 0.381. The molecule has 1 aliphatic heterocycles. The number of rotatable bonds is 8. The summed E-state index contributed by atoms with van der Waals surface area (Å²) in [5, 5.41) is 34.3. The molecule has 5 atom stereocenters. The Morgan fingerprint density at radius 3 is 2.65 bits per heavy atom. The van der Waals surface area contributed by atoms with Gasteiger partial charge in [-0.3, -0.25) is 4.57 Å². The van der Waals surface area contributed by atoms with Crippen LogP contribution in [-0.4, -0.2) is 65.8 Å². The van der Waals surface area contributed by atoms with Gasteiger partial charge in [0, 0.05) is 12.2 Å². The van der Waals surface area contributed by atoms with E-state index >= 15 is 0 Å². The highest BCUT2D eigenvalue weighted by Gasteiger charge is 2.44. The van der Waals surface area contributed by atoms with Gasteiger partial charge >= 0.3 is 7.60 Å². The average molecular weight is 489 g/mol. The van der Waals surface area contributed by atoms with E-state index in [0.717, 1.165) is 5.56 Å². The van der Waals surface area contributed by atoms with Crippen LogP contribution < -0.4 is 5.32 Å². The number of nitriles is 1. The summed E-state index contributed by atoms with van der Waals surface area (Å²) >= 11 is 0. The van der Waals surface area contributed by atoms with Crippen molar-refractivity contribution >= 4 is 24.4 Å². The zero-order valence-electron chi connectivity index (χ0n) is 18.1. The number of aliphatic hydroxyl groups excluding tert-OH is 2. The number of hydrogen-bond donors (Lipinski definition) is 5. The van der Waals surface area contributed by atoms with Crippen molar-refractivity contribution in [2.75, 3.05) is 18.3 Å². The zero-order valence-corrected chi connectivity index (χ0v) is 19.0. The van der Waals surface area contributed by atoms with Crippen molar-refractivity contribution in [1.82, 2.24) is 14.5 Å². The highest BCUT2D eigenvalue weighted by molar-refractivity contribution is 7.51. The molecule has 0 unspecified atom stereocenters. The van der Waals surface area contributed by atoms with Gasteiger partial charge in [-0.1, -0.05) is 30.3 Å². The summed E-state index contributed by atoms with van der Waals surface area (Å²) in [7, 11) is -4.38. The molecular weight excluding hydrogens is 465 g/mol. The lowest BCUT2D eigenvalue weighted by atomic mass is 10.1. The van der Waals surface area contributed by atoms with Crippen molar-refractivity contribution in [2.24, 2.45) is 0 Å². The Balaban J connectivity index is 1.61. The maximum absolute atomic E-state index is 11.0. The van der Waals surface area contributed by atoms with Crippen LogP contribution in [0.4, 0.5) is 5.82 Å². The summed E-state index contributed by atoms with van der Waals surface area (Å²) < 4.78 is 23.1. The number of aromatic nitrogens is 3. The van der Waals surface area contributed by atoms with Crippen LogP contribution >= 0.6 is 7.60 Å². The van der Waals surface area contributed by atoms with Gasteiger partial charge in [-0.25, -0.2) is 9.97 Å². The van der Waals surface area contributed by atoms with Crippen LogP contribution in [0.5, 0.6) is 0 Å². The lowest BCUT2D eigenvalue weighted by molar-refractivity contribution is -0.0610. The van der Waals surface area contributed by atoms with Crippen molar-refractivity contribution in [1.29, 1.82) is 5.26 Å².